The molecule has 114 valence electrons. The second-order valence-electron chi connectivity index (χ2n) is 6.03. The van der Waals surface area contributed by atoms with E-state index in [2.05, 4.69) is 19.2 Å². The van der Waals surface area contributed by atoms with E-state index in [-0.39, 0.29) is 24.4 Å². The average Bonchev–Trinajstić information content (AvgIpc) is 2.28. The van der Waals surface area contributed by atoms with Crippen LogP contribution >= 0.6 is 12.4 Å². The molecule has 1 aliphatic rings. The number of hydrogen-bond donors (Lipinski definition) is 2. The highest BCUT2D eigenvalue weighted by molar-refractivity contribution is 5.85. The maximum atomic E-state index is 11.8. The number of methoxy groups -OCH3 is 1. The monoisotopic (exact) mass is 292 g/mol. The van der Waals surface area contributed by atoms with Crippen molar-refractivity contribution in [2.24, 2.45) is 17.1 Å². The van der Waals surface area contributed by atoms with Gasteiger partial charge in [0.2, 0.25) is 5.91 Å². The number of nitrogens with one attached hydrogen (secondary N) is 1. The Labute approximate surface area is 123 Å². The first kappa shape index (κ1) is 18.7. The minimum Gasteiger partial charge on any atom is -0.380 e. The standard InChI is InChI=1S/C14H28N2O2.ClH/c1-11(2)8-14(5-4-6-14)10-16-13(17)7-12(9-15)18-3;/h11-12H,4-10,15H2,1-3H3,(H,16,17);1H. The Morgan fingerprint density at radius 1 is 1.42 bits per heavy atom. The van der Waals surface area contributed by atoms with Crippen LogP contribution in [0.25, 0.3) is 0 Å². The molecule has 0 aromatic rings. The molecule has 5 heteroatoms. The van der Waals surface area contributed by atoms with Crippen LogP contribution < -0.4 is 11.1 Å². The second-order valence-corrected chi connectivity index (χ2v) is 6.03. The minimum absolute atomic E-state index is 0. The number of nitrogens with two attached hydrogens (primary N) is 1. The number of rotatable bonds is 8. The molecule has 19 heavy (non-hydrogen) atoms. The summed E-state index contributed by atoms with van der Waals surface area (Å²) in [5, 5.41) is 3.06. The van der Waals surface area contributed by atoms with Crippen LogP contribution in [0.15, 0.2) is 0 Å². The SMILES string of the molecule is COC(CN)CC(=O)NCC1(CC(C)C)CCC1.Cl. The maximum Gasteiger partial charge on any atom is 0.222 e. The zero-order valence-corrected chi connectivity index (χ0v) is 13.2. The van der Waals surface area contributed by atoms with Gasteiger partial charge in [-0.1, -0.05) is 20.3 Å². The molecule has 0 bridgehead atoms. The van der Waals surface area contributed by atoms with Crippen LogP contribution in [0.4, 0.5) is 0 Å². The third-order valence-corrected chi connectivity index (χ3v) is 3.93. The van der Waals surface area contributed by atoms with Gasteiger partial charge in [0.25, 0.3) is 0 Å². The Balaban J connectivity index is 0.00000324. The number of hydrogen-bond acceptors (Lipinski definition) is 3. The van der Waals surface area contributed by atoms with E-state index in [9.17, 15) is 4.79 Å². The third-order valence-electron chi connectivity index (χ3n) is 3.93. The molecule has 0 aromatic carbocycles. The Kier molecular flexibility index (Phi) is 8.62. The summed E-state index contributed by atoms with van der Waals surface area (Å²) < 4.78 is 5.12. The van der Waals surface area contributed by atoms with Crippen LogP contribution in [0.3, 0.4) is 0 Å². The van der Waals surface area contributed by atoms with E-state index in [4.69, 9.17) is 10.5 Å². The molecule has 4 nitrogen and oxygen atoms in total. The molecule has 0 radical (unpaired) electrons. The van der Waals surface area contributed by atoms with E-state index >= 15 is 0 Å². The van der Waals surface area contributed by atoms with Gasteiger partial charge in [0.1, 0.15) is 0 Å². The fourth-order valence-electron chi connectivity index (χ4n) is 2.82. The Hall–Kier alpha value is -0.320. The molecule has 1 fully saturated rings. The van der Waals surface area contributed by atoms with Gasteiger partial charge in [-0.2, -0.15) is 0 Å². The summed E-state index contributed by atoms with van der Waals surface area (Å²) in [5.74, 6) is 0.750. The van der Waals surface area contributed by atoms with E-state index in [1.807, 2.05) is 0 Å². The topological polar surface area (TPSA) is 64.3 Å². The normalized spacial score (nSPS) is 18.4. The maximum absolute atomic E-state index is 11.8. The molecule has 3 N–H and O–H groups in total. The Morgan fingerprint density at radius 3 is 2.42 bits per heavy atom. The van der Waals surface area contributed by atoms with Gasteiger partial charge in [-0.25, -0.2) is 0 Å². The summed E-state index contributed by atoms with van der Waals surface area (Å²) in [6, 6.07) is 0. The van der Waals surface area contributed by atoms with E-state index in [1.54, 1.807) is 7.11 Å². The molecule has 1 saturated carbocycles. The van der Waals surface area contributed by atoms with Gasteiger partial charge in [-0.15, -0.1) is 12.4 Å². The Bertz CT molecular complexity index is 264. The molecule has 1 amide bonds. The van der Waals surface area contributed by atoms with Gasteiger partial charge in [0.05, 0.1) is 12.5 Å². The molecule has 1 unspecified atom stereocenters. The van der Waals surface area contributed by atoms with Crippen molar-refractivity contribution >= 4 is 18.3 Å². The molecular formula is C14H29ClN2O2. The highest BCUT2D eigenvalue weighted by Crippen LogP contribution is 2.45. The van der Waals surface area contributed by atoms with Gasteiger partial charge < -0.3 is 15.8 Å². The summed E-state index contributed by atoms with van der Waals surface area (Å²) in [4.78, 5) is 11.8. The highest BCUT2D eigenvalue weighted by Gasteiger charge is 2.37. The van der Waals surface area contributed by atoms with Gasteiger partial charge in [0, 0.05) is 20.2 Å². The fourth-order valence-corrected chi connectivity index (χ4v) is 2.82. The lowest BCUT2D eigenvalue weighted by molar-refractivity contribution is -0.124. The first-order valence-electron chi connectivity index (χ1n) is 7.01. The zero-order chi connectivity index (χ0) is 13.6. The first-order valence-corrected chi connectivity index (χ1v) is 7.01. The van der Waals surface area contributed by atoms with Gasteiger partial charge in [-0.3, -0.25) is 4.79 Å². The summed E-state index contributed by atoms with van der Waals surface area (Å²) >= 11 is 0. The van der Waals surface area contributed by atoms with Crippen LogP contribution in [-0.4, -0.2) is 32.2 Å². The number of carbonyl (C=O) groups is 1. The number of amides is 1. The summed E-state index contributed by atoms with van der Waals surface area (Å²) in [6.45, 7) is 5.70. The molecule has 1 aliphatic carbocycles. The largest absolute Gasteiger partial charge is 0.380 e. The van der Waals surface area contributed by atoms with Crippen molar-refractivity contribution in [2.45, 2.75) is 52.1 Å². The van der Waals surface area contributed by atoms with Gasteiger partial charge in [0.15, 0.2) is 0 Å². The predicted octanol–water partition coefficient (Wildman–Crippen LogP) is 2.10. The van der Waals surface area contributed by atoms with Crippen LogP contribution in [0, 0.1) is 11.3 Å². The van der Waals surface area contributed by atoms with Gasteiger partial charge >= 0.3 is 0 Å². The molecule has 1 atom stereocenters. The lowest BCUT2D eigenvalue weighted by Crippen LogP contribution is -2.44. The van der Waals surface area contributed by atoms with Crippen LogP contribution in [-0.2, 0) is 9.53 Å². The lowest BCUT2D eigenvalue weighted by Gasteiger charge is -2.43. The van der Waals surface area contributed by atoms with Crippen LogP contribution in [0.1, 0.15) is 46.0 Å². The molecule has 1 rings (SSSR count). The van der Waals surface area contributed by atoms with Crippen molar-refractivity contribution in [1.82, 2.24) is 5.32 Å². The van der Waals surface area contributed by atoms with Gasteiger partial charge in [-0.05, 0) is 30.6 Å². The predicted molar refractivity (Wildman–Crippen MR) is 80.5 cm³/mol. The highest BCUT2D eigenvalue weighted by atomic mass is 35.5. The van der Waals surface area contributed by atoms with E-state index in [0.717, 1.165) is 6.54 Å². The van der Waals surface area contributed by atoms with E-state index in [0.29, 0.717) is 24.3 Å². The minimum atomic E-state index is -0.160. The second kappa shape index (κ2) is 8.77. The van der Waals surface area contributed by atoms with E-state index in [1.165, 1.54) is 25.7 Å². The van der Waals surface area contributed by atoms with Crippen LogP contribution in [0.2, 0.25) is 0 Å². The summed E-state index contributed by atoms with van der Waals surface area (Å²) in [7, 11) is 1.59. The molecule has 0 aliphatic heterocycles. The van der Waals surface area contributed by atoms with Crippen molar-refractivity contribution in [1.29, 1.82) is 0 Å². The smallest absolute Gasteiger partial charge is 0.222 e. The quantitative estimate of drug-likeness (QED) is 0.720. The summed E-state index contributed by atoms with van der Waals surface area (Å²) in [5.41, 5.74) is 5.87. The molecule has 0 saturated heterocycles. The lowest BCUT2D eigenvalue weighted by atomic mass is 9.64. The third kappa shape index (κ3) is 6.11. The van der Waals surface area contributed by atoms with Crippen molar-refractivity contribution < 1.29 is 9.53 Å². The summed E-state index contributed by atoms with van der Waals surface area (Å²) in [6.07, 6.45) is 5.20. The average molecular weight is 293 g/mol. The number of ether oxygens (including phenoxy) is 1. The number of carbonyl (C=O) groups excluding carboxylic acids is 1. The Morgan fingerprint density at radius 2 is 2.05 bits per heavy atom. The van der Waals surface area contributed by atoms with Crippen molar-refractivity contribution in [3.05, 3.63) is 0 Å². The molecular weight excluding hydrogens is 264 g/mol. The van der Waals surface area contributed by atoms with Crippen molar-refractivity contribution in [3.63, 3.8) is 0 Å². The van der Waals surface area contributed by atoms with Crippen molar-refractivity contribution in [3.8, 4) is 0 Å². The first-order chi connectivity index (χ1) is 8.51. The molecule has 0 heterocycles. The number of halogens is 1. The van der Waals surface area contributed by atoms with Crippen molar-refractivity contribution in [2.75, 3.05) is 20.2 Å². The molecule has 0 aromatic heterocycles. The fraction of sp³-hybridized carbons (Fsp3) is 0.929. The zero-order valence-electron chi connectivity index (χ0n) is 12.4. The molecule has 0 spiro atoms. The van der Waals surface area contributed by atoms with E-state index < -0.39 is 0 Å². The van der Waals surface area contributed by atoms with Crippen LogP contribution in [0.5, 0.6) is 0 Å².